The summed E-state index contributed by atoms with van der Waals surface area (Å²) in [5.74, 6) is 2.61. The van der Waals surface area contributed by atoms with Crippen molar-refractivity contribution >= 4 is 23.3 Å². The van der Waals surface area contributed by atoms with Gasteiger partial charge in [-0.25, -0.2) is 9.97 Å². The van der Waals surface area contributed by atoms with Gasteiger partial charge in [-0.05, 0) is 55.3 Å². The molecule has 0 atom stereocenters. The lowest BCUT2D eigenvalue weighted by Gasteiger charge is -2.35. The van der Waals surface area contributed by atoms with Crippen LogP contribution in [-0.2, 0) is 0 Å². The molecule has 1 aliphatic rings. The first kappa shape index (κ1) is 17.3. The summed E-state index contributed by atoms with van der Waals surface area (Å²) in [5, 5.41) is 3.39. The third-order valence-electron chi connectivity index (χ3n) is 4.96. The second-order valence-corrected chi connectivity index (χ2v) is 6.83. The zero-order valence-corrected chi connectivity index (χ0v) is 15.8. The fourth-order valence-electron chi connectivity index (χ4n) is 3.21. The topological polar surface area (TPSA) is 57.2 Å². The molecule has 0 saturated carbocycles. The highest BCUT2D eigenvalue weighted by Crippen LogP contribution is 2.21. The van der Waals surface area contributed by atoms with E-state index in [0.717, 1.165) is 49.5 Å². The fraction of sp³-hybridized carbons (Fsp3) is 0.286. The number of nitrogens with one attached hydrogen (secondary N) is 1. The predicted octanol–water partition coefficient (Wildman–Crippen LogP) is 3.56. The highest BCUT2D eigenvalue weighted by molar-refractivity contribution is 5.59. The summed E-state index contributed by atoms with van der Waals surface area (Å²) >= 11 is 0. The first-order valence-corrected chi connectivity index (χ1v) is 9.27. The monoisotopic (exact) mass is 360 g/mol. The van der Waals surface area contributed by atoms with Gasteiger partial charge >= 0.3 is 0 Å². The molecule has 0 radical (unpaired) electrons. The van der Waals surface area contributed by atoms with E-state index < -0.39 is 0 Å². The number of hydrogen-bond acceptors (Lipinski definition) is 6. The number of anilines is 4. The molecular formula is C21H24N6. The van der Waals surface area contributed by atoms with Crippen molar-refractivity contribution in [2.45, 2.75) is 13.8 Å². The summed E-state index contributed by atoms with van der Waals surface area (Å²) in [6.45, 7) is 7.82. The molecule has 1 saturated heterocycles. The van der Waals surface area contributed by atoms with Gasteiger partial charge in [0, 0.05) is 44.3 Å². The molecule has 0 spiro atoms. The highest BCUT2D eigenvalue weighted by Gasteiger charge is 2.20. The third-order valence-corrected chi connectivity index (χ3v) is 4.96. The Balaban J connectivity index is 1.43. The smallest absolute Gasteiger partial charge is 0.227 e. The van der Waals surface area contributed by atoms with Crippen LogP contribution in [0.5, 0.6) is 0 Å². The van der Waals surface area contributed by atoms with Crippen LogP contribution in [-0.4, -0.2) is 41.1 Å². The molecule has 6 heteroatoms. The number of nitrogens with zero attached hydrogens (tertiary/aromatic N) is 5. The molecule has 0 amide bonds. The molecule has 0 unspecified atom stereocenters. The van der Waals surface area contributed by atoms with E-state index in [1.54, 1.807) is 0 Å². The van der Waals surface area contributed by atoms with Crippen molar-refractivity contribution in [2.75, 3.05) is 41.3 Å². The summed E-state index contributed by atoms with van der Waals surface area (Å²) < 4.78 is 0. The van der Waals surface area contributed by atoms with Crippen LogP contribution in [0.1, 0.15) is 11.1 Å². The van der Waals surface area contributed by atoms with Crippen molar-refractivity contribution in [1.82, 2.24) is 15.0 Å². The molecular weight excluding hydrogens is 336 g/mol. The summed E-state index contributed by atoms with van der Waals surface area (Å²) in [5.41, 5.74) is 3.59. The number of pyridine rings is 1. The van der Waals surface area contributed by atoms with Gasteiger partial charge < -0.3 is 15.1 Å². The van der Waals surface area contributed by atoms with Gasteiger partial charge in [-0.2, -0.15) is 4.98 Å². The number of aryl methyl sites for hydroxylation is 2. The van der Waals surface area contributed by atoms with E-state index >= 15 is 0 Å². The SMILES string of the molecule is Cc1ccc(Nc2ccnc(N3CCN(c4ccccn4)CC3)n2)cc1C. The number of aromatic nitrogens is 3. The maximum atomic E-state index is 4.71. The first-order valence-electron chi connectivity index (χ1n) is 9.27. The molecule has 0 aliphatic carbocycles. The van der Waals surface area contributed by atoms with Gasteiger partial charge in [0.05, 0.1) is 0 Å². The van der Waals surface area contributed by atoms with Crippen LogP contribution in [0.15, 0.2) is 54.9 Å². The lowest BCUT2D eigenvalue weighted by molar-refractivity contribution is 0.635. The largest absolute Gasteiger partial charge is 0.353 e. The van der Waals surface area contributed by atoms with Crippen LogP contribution >= 0.6 is 0 Å². The maximum Gasteiger partial charge on any atom is 0.227 e. The van der Waals surface area contributed by atoms with Gasteiger partial charge in [-0.15, -0.1) is 0 Å². The number of benzene rings is 1. The Morgan fingerprint density at radius 2 is 1.63 bits per heavy atom. The molecule has 0 bridgehead atoms. The Bertz CT molecular complexity index is 904. The van der Waals surface area contributed by atoms with E-state index in [-0.39, 0.29) is 0 Å². The van der Waals surface area contributed by atoms with E-state index in [0.29, 0.717) is 0 Å². The quantitative estimate of drug-likeness (QED) is 0.768. The zero-order valence-electron chi connectivity index (χ0n) is 15.8. The molecule has 4 rings (SSSR count). The first-order chi connectivity index (χ1) is 13.2. The lowest BCUT2D eigenvalue weighted by atomic mass is 10.1. The minimum Gasteiger partial charge on any atom is -0.353 e. The number of rotatable bonds is 4. The molecule has 6 nitrogen and oxygen atoms in total. The predicted molar refractivity (Wildman–Crippen MR) is 110 cm³/mol. The van der Waals surface area contributed by atoms with Gasteiger partial charge in [0.1, 0.15) is 11.6 Å². The zero-order chi connectivity index (χ0) is 18.6. The average Bonchev–Trinajstić information content (AvgIpc) is 2.72. The van der Waals surface area contributed by atoms with E-state index in [2.05, 4.69) is 63.2 Å². The van der Waals surface area contributed by atoms with Crippen molar-refractivity contribution in [1.29, 1.82) is 0 Å². The van der Waals surface area contributed by atoms with E-state index in [9.17, 15) is 0 Å². The number of piperazine rings is 1. The van der Waals surface area contributed by atoms with Crippen LogP contribution in [0.25, 0.3) is 0 Å². The second-order valence-electron chi connectivity index (χ2n) is 6.83. The van der Waals surface area contributed by atoms with Gasteiger partial charge in [-0.1, -0.05) is 12.1 Å². The fourth-order valence-corrected chi connectivity index (χ4v) is 3.21. The Hall–Kier alpha value is -3.15. The van der Waals surface area contributed by atoms with Crippen molar-refractivity contribution in [3.8, 4) is 0 Å². The minimum absolute atomic E-state index is 0.768. The van der Waals surface area contributed by atoms with Crippen LogP contribution < -0.4 is 15.1 Å². The third kappa shape index (κ3) is 4.00. The van der Waals surface area contributed by atoms with Crippen molar-refractivity contribution in [2.24, 2.45) is 0 Å². The van der Waals surface area contributed by atoms with Crippen LogP contribution in [0.3, 0.4) is 0 Å². The summed E-state index contributed by atoms with van der Waals surface area (Å²) in [6, 6.07) is 14.3. The van der Waals surface area contributed by atoms with E-state index in [1.165, 1.54) is 11.1 Å². The molecule has 27 heavy (non-hydrogen) atoms. The molecule has 3 heterocycles. The van der Waals surface area contributed by atoms with Gasteiger partial charge in [0.15, 0.2) is 0 Å². The summed E-state index contributed by atoms with van der Waals surface area (Å²) in [4.78, 5) is 18.2. The molecule has 1 aliphatic heterocycles. The normalized spacial score (nSPS) is 14.3. The lowest BCUT2D eigenvalue weighted by Crippen LogP contribution is -2.47. The Labute approximate surface area is 159 Å². The molecule has 2 aromatic heterocycles. The van der Waals surface area contributed by atoms with Crippen LogP contribution in [0.4, 0.5) is 23.3 Å². The van der Waals surface area contributed by atoms with Crippen molar-refractivity contribution in [3.63, 3.8) is 0 Å². The maximum absolute atomic E-state index is 4.71. The highest BCUT2D eigenvalue weighted by atomic mass is 15.3. The Morgan fingerprint density at radius 3 is 2.37 bits per heavy atom. The Kier molecular flexibility index (Phi) is 4.87. The Morgan fingerprint density at radius 1 is 0.815 bits per heavy atom. The van der Waals surface area contributed by atoms with Gasteiger partial charge in [0.2, 0.25) is 5.95 Å². The van der Waals surface area contributed by atoms with Crippen molar-refractivity contribution in [3.05, 3.63) is 66.0 Å². The molecule has 3 aromatic rings. The van der Waals surface area contributed by atoms with Crippen molar-refractivity contribution < 1.29 is 0 Å². The number of hydrogen-bond donors (Lipinski definition) is 1. The second kappa shape index (κ2) is 7.61. The molecule has 1 fully saturated rings. The summed E-state index contributed by atoms with van der Waals surface area (Å²) in [7, 11) is 0. The van der Waals surface area contributed by atoms with Crippen LogP contribution in [0.2, 0.25) is 0 Å². The average molecular weight is 360 g/mol. The van der Waals surface area contributed by atoms with Gasteiger partial charge in [0.25, 0.3) is 0 Å². The molecule has 138 valence electrons. The minimum atomic E-state index is 0.768. The van der Waals surface area contributed by atoms with Crippen LogP contribution in [0, 0.1) is 13.8 Å². The van der Waals surface area contributed by atoms with Gasteiger partial charge in [-0.3, -0.25) is 0 Å². The standard InChI is InChI=1S/C21H24N6/c1-16-6-7-18(15-17(16)2)24-19-8-10-23-21(25-19)27-13-11-26(12-14-27)20-5-3-4-9-22-20/h3-10,15H,11-14H2,1-2H3,(H,23,24,25). The summed E-state index contributed by atoms with van der Waals surface area (Å²) in [6.07, 6.45) is 3.66. The van der Waals surface area contributed by atoms with E-state index in [4.69, 9.17) is 4.98 Å². The van der Waals surface area contributed by atoms with E-state index in [1.807, 2.05) is 30.6 Å². The molecule has 1 N–H and O–H groups in total. The molecule has 1 aromatic carbocycles.